The predicted molar refractivity (Wildman–Crippen MR) is 114 cm³/mol. The molecule has 0 aliphatic heterocycles. The van der Waals surface area contributed by atoms with Crippen LogP contribution in [0.2, 0.25) is 0 Å². The van der Waals surface area contributed by atoms with Crippen LogP contribution >= 0.6 is 0 Å². The van der Waals surface area contributed by atoms with Crippen molar-refractivity contribution in [2.24, 2.45) is 0 Å². The number of hydrogen-bond acceptors (Lipinski definition) is 7. The summed E-state index contributed by atoms with van der Waals surface area (Å²) in [6, 6.07) is 21.8. The summed E-state index contributed by atoms with van der Waals surface area (Å²) in [4.78, 5) is 12.9. The number of nitrogens with one attached hydrogen (secondary N) is 1. The van der Waals surface area contributed by atoms with E-state index in [0.717, 1.165) is 6.26 Å². The number of aromatic nitrogens is 2. The van der Waals surface area contributed by atoms with Gasteiger partial charge in [0.05, 0.1) is 10.5 Å². The Morgan fingerprint density at radius 2 is 1.58 bits per heavy atom. The van der Waals surface area contributed by atoms with Crippen LogP contribution in [0, 0.1) is 0 Å². The molecule has 0 aliphatic rings. The van der Waals surface area contributed by atoms with Crippen LogP contribution in [0.4, 0.5) is 6.01 Å². The summed E-state index contributed by atoms with van der Waals surface area (Å²) in [6.45, 7) is 0. The van der Waals surface area contributed by atoms with Crippen molar-refractivity contribution >= 4 is 21.8 Å². The first kappa shape index (κ1) is 20.3. The molecule has 4 rings (SSSR count). The van der Waals surface area contributed by atoms with Crippen LogP contribution in [-0.4, -0.2) is 30.8 Å². The molecule has 0 unspecified atom stereocenters. The fraction of sp³-hybridized carbons (Fsp3) is 0.0455. The van der Waals surface area contributed by atoms with Crippen molar-refractivity contribution in [2.75, 3.05) is 11.6 Å². The van der Waals surface area contributed by atoms with E-state index < -0.39 is 15.7 Å². The number of ether oxygens (including phenoxy) is 1. The lowest BCUT2D eigenvalue weighted by Gasteiger charge is -2.10. The molecule has 1 N–H and O–H groups in total. The van der Waals surface area contributed by atoms with Gasteiger partial charge in [0.1, 0.15) is 11.5 Å². The molecule has 0 saturated heterocycles. The van der Waals surface area contributed by atoms with Crippen molar-refractivity contribution < 1.29 is 22.4 Å². The Morgan fingerprint density at radius 3 is 2.29 bits per heavy atom. The van der Waals surface area contributed by atoms with Crippen molar-refractivity contribution in [2.45, 2.75) is 4.90 Å². The number of carbonyl (C=O) groups is 1. The highest BCUT2D eigenvalue weighted by atomic mass is 32.2. The van der Waals surface area contributed by atoms with E-state index in [4.69, 9.17) is 9.15 Å². The Bertz CT molecular complexity index is 1320. The topological polar surface area (TPSA) is 111 Å². The molecule has 0 bridgehead atoms. The van der Waals surface area contributed by atoms with E-state index >= 15 is 0 Å². The van der Waals surface area contributed by atoms with Crippen LogP contribution in [0.3, 0.4) is 0 Å². The van der Waals surface area contributed by atoms with Crippen LogP contribution in [0.25, 0.3) is 11.5 Å². The molecule has 4 aromatic rings. The fourth-order valence-corrected chi connectivity index (χ4v) is 3.39. The third-order valence-corrected chi connectivity index (χ3v) is 5.41. The molecule has 0 aliphatic carbocycles. The van der Waals surface area contributed by atoms with Crippen LogP contribution in [-0.2, 0) is 9.84 Å². The van der Waals surface area contributed by atoms with Gasteiger partial charge in [0.15, 0.2) is 9.84 Å². The third-order valence-electron chi connectivity index (χ3n) is 4.28. The molecule has 1 amide bonds. The van der Waals surface area contributed by atoms with E-state index in [2.05, 4.69) is 15.5 Å². The van der Waals surface area contributed by atoms with Gasteiger partial charge in [0.25, 0.3) is 5.91 Å². The Labute approximate surface area is 178 Å². The number of anilines is 1. The highest BCUT2D eigenvalue weighted by Crippen LogP contribution is 2.26. The normalized spacial score (nSPS) is 11.1. The average Bonchev–Trinajstić information content (AvgIpc) is 3.23. The van der Waals surface area contributed by atoms with E-state index in [1.165, 1.54) is 12.1 Å². The zero-order valence-electron chi connectivity index (χ0n) is 16.3. The maximum atomic E-state index is 12.7. The monoisotopic (exact) mass is 435 g/mol. The first-order chi connectivity index (χ1) is 14.9. The highest BCUT2D eigenvalue weighted by molar-refractivity contribution is 7.90. The molecule has 0 spiro atoms. The van der Waals surface area contributed by atoms with E-state index in [-0.39, 0.29) is 16.8 Å². The summed E-state index contributed by atoms with van der Waals surface area (Å²) in [5, 5.41) is 10.3. The molecule has 156 valence electrons. The van der Waals surface area contributed by atoms with Gasteiger partial charge >= 0.3 is 6.01 Å². The lowest BCUT2D eigenvalue weighted by atomic mass is 10.2. The lowest BCUT2D eigenvalue weighted by molar-refractivity contribution is 0.102. The van der Waals surface area contributed by atoms with Crippen LogP contribution in [0.1, 0.15) is 10.4 Å². The molecule has 3 aromatic carbocycles. The highest BCUT2D eigenvalue weighted by Gasteiger charge is 2.17. The van der Waals surface area contributed by atoms with Gasteiger partial charge in [-0.25, -0.2) is 8.42 Å². The maximum absolute atomic E-state index is 12.7. The first-order valence-electron chi connectivity index (χ1n) is 9.17. The second-order valence-corrected chi connectivity index (χ2v) is 8.59. The summed E-state index contributed by atoms with van der Waals surface area (Å²) in [7, 11) is -3.31. The summed E-state index contributed by atoms with van der Waals surface area (Å²) >= 11 is 0. The summed E-state index contributed by atoms with van der Waals surface area (Å²) < 4.78 is 34.5. The van der Waals surface area contributed by atoms with Gasteiger partial charge in [-0.05, 0) is 48.5 Å². The van der Waals surface area contributed by atoms with Crippen LogP contribution in [0.5, 0.6) is 11.5 Å². The Hall–Kier alpha value is -3.98. The van der Waals surface area contributed by atoms with Gasteiger partial charge in [-0.3, -0.25) is 10.1 Å². The van der Waals surface area contributed by atoms with Crippen molar-refractivity contribution in [1.82, 2.24) is 10.2 Å². The molecule has 8 nitrogen and oxygen atoms in total. The molecule has 0 radical (unpaired) electrons. The standard InChI is InChI=1S/C22H17N3O5S/c1-31(27,28)17-13-11-15(12-14-17)21-24-25-22(30-21)23-20(26)18-9-5-6-10-19(18)29-16-7-3-2-4-8-16/h2-14H,1H3,(H,23,25,26). The van der Waals surface area contributed by atoms with E-state index in [0.29, 0.717) is 22.6 Å². The molecule has 9 heteroatoms. The molecule has 1 heterocycles. The van der Waals surface area contributed by atoms with Gasteiger partial charge in [-0.15, -0.1) is 5.10 Å². The zero-order chi connectivity index (χ0) is 21.8. The number of sulfone groups is 1. The molecular formula is C22H17N3O5S. The van der Waals surface area contributed by atoms with Crippen LogP contribution < -0.4 is 10.1 Å². The Balaban J connectivity index is 1.51. The van der Waals surface area contributed by atoms with Crippen LogP contribution in [0.15, 0.2) is 88.2 Å². The molecular weight excluding hydrogens is 418 g/mol. The SMILES string of the molecule is CS(=O)(=O)c1ccc(-c2nnc(NC(=O)c3ccccc3Oc3ccccc3)o2)cc1. The molecule has 0 fully saturated rings. The van der Waals surface area contributed by atoms with E-state index in [1.807, 2.05) is 18.2 Å². The maximum Gasteiger partial charge on any atom is 0.322 e. The van der Waals surface area contributed by atoms with Crippen molar-refractivity contribution in [1.29, 1.82) is 0 Å². The Morgan fingerprint density at radius 1 is 0.903 bits per heavy atom. The van der Waals surface area contributed by atoms with Gasteiger partial charge < -0.3 is 9.15 Å². The lowest BCUT2D eigenvalue weighted by Crippen LogP contribution is -2.13. The number of nitrogens with zero attached hydrogens (tertiary/aromatic N) is 2. The number of para-hydroxylation sites is 2. The van der Waals surface area contributed by atoms with E-state index in [1.54, 1.807) is 48.5 Å². The Kier molecular flexibility index (Phi) is 5.50. The average molecular weight is 435 g/mol. The second kappa shape index (κ2) is 8.41. The minimum absolute atomic E-state index is 0.0956. The smallest absolute Gasteiger partial charge is 0.322 e. The number of rotatable bonds is 6. The second-order valence-electron chi connectivity index (χ2n) is 6.57. The molecule has 1 aromatic heterocycles. The molecule has 0 saturated carbocycles. The number of benzene rings is 3. The van der Waals surface area contributed by atoms with Gasteiger partial charge in [0.2, 0.25) is 5.89 Å². The van der Waals surface area contributed by atoms with Crippen molar-refractivity contribution in [3.05, 3.63) is 84.4 Å². The fourth-order valence-electron chi connectivity index (χ4n) is 2.76. The molecule has 31 heavy (non-hydrogen) atoms. The quantitative estimate of drug-likeness (QED) is 0.483. The zero-order valence-corrected chi connectivity index (χ0v) is 17.2. The largest absolute Gasteiger partial charge is 0.457 e. The minimum atomic E-state index is -3.31. The number of hydrogen-bond donors (Lipinski definition) is 1. The minimum Gasteiger partial charge on any atom is -0.457 e. The van der Waals surface area contributed by atoms with Crippen molar-refractivity contribution in [3.8, 4) is 23.0 Å². The van der Waals surface area contributed by atoms with Gasteiger partial charge in [-0.1, -0.05) is 35.4 Å². The summed E-state index contributed by atoms with van der Waals surface area (Å²) in [6.07, 6.45) is 1.13. The number of amides is 1. The van der Waals surface area contributed by atoms with Crippen molar-refractivity contribution in [3.63, 3.8) is 0 Å². The summed E-state index contributed by atoms with van der Waals surface area (Å²) in [5.41, 5.74) is 0.816. The van der Waals surface area contributed by atoms with Gasteiger partial charge in [-0.2, -0.15) is 0 Å². The van der Waals surface area contributed by atoms with Gasteiger partial charge in [0, 0.05) is 11.8 Å². The molecule has 0 atom stereocenters. The third kappa shape index (κ3) is 4.78. The number of carbonyl (C=O) groups excluding carboxylic acids is 1. The first-order valence-corrected chi connectivity index (χ1v) is 11.1. The summed E-state index contributed by atoms with van der Waals surface area (Å²) in [5.74, 6) is 0.640. The van der Waals surface area contributed by atoms with E-state index in [9.17, 15) is 13.2 Å². The predicted octanol–water partition coefficient (Wildman–Crippen LogP) is 4.18.